The van der Waals surface area contributed by atoms with Gasteiger partial charge in [-0.3, -0.25) is 8.75 Å². The Morgan fingerprint density at radius 3 is 2.53 bits per heavy atom. The number of halogens is 1. The zero-order valence-electron chi connectivity index (χ0n) is 9.17. The molecule has 1 aromatic rings. The van der Waals surface area contributed by atoms with E-state index in [4.69, 9.17) is 11.6 Å². The van der Waals surface area contributed by atoms with Crippen LogP contribution in [-0.2, 0) is 6.54 Å². The fraction of sp³-hybridized carbons (Fsp3) is 0.727. The van der Waals surface area contributed by atoms with Crippen LogP contribution in [-0.4, -0.2) is 3.96 Å². The molecule has 0 aliphatic heterocycles. The SMILES string of the molecule is CCCCCCCCn1sc(Cl)cc1=O. The average Bonchev–Trinajstić information content (AvgIpc) is 2.51. The Balaban J connectivity index is 2.15. The maximum atomic E-state index is 11.3. The minimum Gasteiger partial charge on any atom is -0.268 e. The second-order valence-electron chi connectivity index (χ2n) is 3.75. The summed E-state index contributed by atoms with van der Waals surface area (Å²) < 4.78 is 2.33. The maximum absolute atomic E-state index is 11.3. The highest BCUT2D eigenvalue weighted by atomic mass is 35.5. The highest BCUT2D eigenvalue weighted by Crippen LogP contribution is 2.13. The Morgan fingerprint density at radius 2 is 1.93 bits per heavy atom. The van der Waals surface area contributed by atoms with Gasteiger partial charge in [0.15, 0.2) is 0 Å². The Kier molecular flexibility index (Phi) is 6.03. The molecule has 15 heavy (non-hydrogen) atoms. The van der Waals surface area contributed by atoms with Crippen LogP contribution in [0.15, 0.2) is 10.9 Å². The second-order valence-corrected chi connectivity index (χ2v) is 5.44. The molecule has 0 aliphatic rings. The van der Waals surface area contributed by atoms with Crippen LogP contribution in [0.25, 0.3) is 0 Å². The van der Waals surface area contributed by atoms with Gasteiger partial charge in [-0.05, 0) is 18.0 Å². The first-order chi connectivity index (χ1) is 7.24. The molecule has 0 saturated heterocycles. The van der Waals surface area contributed by atoms with Crippen LogP contribution in [0.3, 0.4) is 0 Å². The lowest BCUT2D eigenvalue weighted by molar-refractivity contribution is 0.569. The van der Waals surface area contributed by atoms with Crippen LogP contribution in [0.5, 0.6) is 0 Å². The van der Waals surface area contributed by atoms with Gasteiger partial charge in [0.2, 0.25) is 0 Å². The number of unbranched alkanes of at least 4 members (excludes halogenated alkanes) is 5. The van der Waals surface area contributed by atoms with E-state index in [1.165, 1.54) is 49.7 Å². The molecule has 0 saturated carbocycles. The van der Waals surface area contributed by atoms with Gasteiger partial charge in [0.1, 0.15) is 4.34 Å². The van der Waals surface area contributed by atoms with Crippen LogP contribution >= 0.6 is 23.1 Å². The smallest absolute Gasteiger partial charge is 0.262 e. The van der Waals surface area contributed by atoms with Crippen molar-refractivity contribution in [3.8, 4) is 0 Å². The van der Waals surface area contributed by atoms with E-state index in [0.29, 0.717) is 4.34 Å². The van der Waals surface area contributed by atoms with E-state index in [-0.39, 0.29) is 5.56 Å². The van der Waals surface area contributed by atoms with E-state index in [1.54, 1.807) is 3.96 Å². The van der Waals surface area contributed by atoms with Gasteiger partial charge in [0, 0.05) is 12.6 Å². The molecule has 1 rings (SSSR count). The van der Waals surface area contributed by atoms with Gasteiger partial charge in [0.05, 0.1) is 0 Å². The fourth-order valence-corrected chi connectivity index (χ4v) is 2.61. The third kappa shape index (κ3) is 4.85. The quantitative estimate of drug-likeness (QED) is 0.670. The number of hydrogen-bond acceptors (Lipinski definition) is 2. The average molecular weight is 248 g/mol. The molecule has 0 bridgehead atoms. The number of rotatable bonds is 7. The molecule has 0 aromatic carbocycles. The standard InChI is InChI=1S/C11H18ClNOS/c1-2-3-4-5-6-7-8-13-11(14)9-10(12)15-13/h9H,2-8H2,1H3. The van der Waals surface area contributed by atoms with Crippen molar-refractivity contribution < 1.29 is 0 Å². The molecule has 2 nitrogen and oxygen atoms in total. The first-order valence-electron chi connectivity index (χ1n) is 5.60. The number of nitrogens with zero attached hydrogens (tertiary/aromatic N) is 1. The normalized spacial score (nSPS) is 10.8. The van der Waals surface area contributed by atoms with Crippen LogP contribution in [0, 0.1) is 0 Å². The molecule has 0 amide bonds. The highest BCUT2D eigenvalue weighted by Gasteiger charge is 2.00. The third-order valence-electron chi connectivity index (χ3n) is 2.39. The molecule has 1 aromatic heterocycles. The van der Waals surface area contributed by atoms with Gasteiger partial charge >= 0.3 is 0 Å². The summed E-state index contributed by atoms with van der Waals surface area (Å²) >= 11 is 7.10. The van der Waals surface area contributed by atoms with Crippen molar-refractivity contribution in [2.75, 3.05) is 0 Å². The molecule has 0 fully saturated rings. The maximum Gasteiger partial charge on any atom is 0.262 e. The van der Waals surface area contributed by atoms with Crippen molar-refractivity contribution in [1.29, 1.82) is 0 Å². The molecule has 4 heteroatoms. The van der Waals surface area contributed by atoms with Gasteiger partial charge < -0.3 is 0 Å². The Bertz CT molecular complexity index is 332. The molecule has 0 atom stereocenters. The predicted molar refractivity (Wildman–Crippen MR) is 67.0 cm³/mol. The van der Waals surface area contributed by atoms with Gasteiger partial charge in [0.25, 0.3) is 5.56 Å². The molecule has 86 valence electrons. The van der Waals surface area contributed by atoms with Gasteiger partial charge in [-0.2, -0.15) is 0 Å². The summed E-state index contributed by atoms with van der Waals surface area (Å²) in [6.45, 7) is 3.04. The lowest BCUT2D eigenvalue weighted by atomic mass is 10.1. The third-order valence-corrected chi connectivity index (χ3v) is 3.59. The number of aromatic nitrogens is 1. The Morgan fingerprint density at radius 1 is 1.27 bits per heavy atom. The van der Waals surface area contributed by atoms with Crippen LogP contribution in [0.1, 0.15) is 45.4 Å². The summed E-state index contributed by atoms with van der Waals surface area (Å²) in [6, 6.07) is 1.49. The Hall–Kier alpha value is -0.280. The minimum atomic E-state index is 0.0403. The molecule has 0 spiro atoms. The van der Waals surface area contributed by atoms with Crippen LogP contribution in [0.2, 0.25) is 4.34 Å². The second kappa shape index (κ2) is 7.07. The van der Waals surface area contributed by atoms with Crippen molar-refractivity contribution in [2.24, 2.45) is 0 Å². The van der Waals surface area contributed by atoms with Gasteiger partial charge in [-0.15, -0.1) is 0 Å². The molecule has 0 aliphatic carbocycles. The summed E-state index contributed by atoms with van der Waals surface area (Å²) in [5.74, 6) is 0. The first kappa shape index (κ1) is 12.8. The van der Waals surface area contributed by atoms with E-state index in [9.17, 15) is 4.79 Å². The minimum absolute atomic E-state index is 0.0403. The van der Waals surface area contributed by atoms with Crippen molar-refractivity contribution >= 4 is 23.1 Å². The monoisotopic (exact) mass is 247 g/mol. The molecule has 1 heterocycles. The molecule has 0 unspecified atom stereocenters. The van der Waals surface area contributed by atoms with Gasteiger partial charge in [-0.25, -0.2) is 0 Å². The lowest BCUT2D eigenvalue weighted by Crippen LogP contribution is -2.11. The van der Waals surface area contributed by atoms with Gasteiger partial charge in [-0.1, -0.05) is 50.6 Å². The van der Waals surface area contributed by atoms with Crippen molar-refractivity contribution in [3.05, 3.63) is 20.8 Å². The number of aryl methyl sites for hydroxylation is 1. The van der Waals surface area contributed by atoms with Crippen LogP contribution in [0.4, 0.5) is 0 Å². The lowest BCUT2D eigenvalue weighted by Gasteiger charge is -2.00. The summed E-state index contributed by atoms with van der Waals surface area (Å²) in [6.07, 6.45) is 7.49. The largest absolute Gasteiger partial charge is 0.268 e. The van der Waals surface area contributed by atoms with Crippen molar-refractivity contribution in [2.45, 2.75) is 52.0 Å². The molecular weight excluding hydrogens is 230 g/mol. The van der Waals surface area contributed by atoms with Crippen molar-refractivity contribution in [3.63, 3.8) is 0 Å². The molecular formula is C11H18ClNOS. The zero-order valence-corrected chi connectivity index (χ0v) is 10.7. The van der Waals surface area contributed by atoms with E-state index >= 15 is 0 Å². The summed E-state index contributed by atoms with van der Waals surface area (Å²) in [4.78, 5) is 11.3. The van der Waals surface area contributed by atoms with Crippen molar-refractivity contribution in [1.82, 2.24) is 3.96 Å². The van der Waals surface area contributed by atoms with E-state index in [1.807, 2.05) is 0 Å². The van der Waals surface area contributed by atoms with E-state index in [0.717, 1.165) is 13.0 Å². The predicted octanol–water partition coefficient (Wildman–Crippen LogP) is 3.92. The van der Waals surface area contributed by atoms with E-state index in [2.05, 4.69) is 6.92 Å². The first-order valence-corrected chi connectivity index (χ1v) is 6.76. The molecule has 0 N–H and O–H groups in total. The topological polar surface area (TPSA) is 22.0 Å². The summed E-state index contributed by atoms with van der Waals surface area (Å²) in [5, 5.41) is 0. The fourth-order valence-electron chi connectivity index (χ4n) is 1.54. The number of hydrogen-bond donors (Lipinski definition) is 0. The molecule has 0 radical (unpaired) electrons. The summed E-state index contributed by atoms with van der Waals surface area (Å²) in [5.41, 5.74) is 0.0403. The van der Waals surface area contributed by atoms with Crippen LogP contribution < -0.4 is 5.56 Å². The summed E-state index contributed by atoms with van der Waals surface area (Å²) in [7, 11) is 0. The van der Waals surface area contributed by atoms with E-state index < -0.39 is 0 Å². The highest BCUT2D eigenvalue weighted by molar-refractivity contribution is 7.11. The Labute approximate surface area is 100 Å². The zero-order chi connectivity index (χ0) is 11.1.